The van der Waals surface area contributed by atoms with Gasteiger partial charge in [0.05, 0.1) is 5.69 Å². The number of benzene rings is 2. The summed E-state index contributed by atoms with van der Waals surface area (Å²) in [5, 5.41) is 0.890. The van der Waals surface area contributed by atoms with Gasteiger partial charge in [-0.25, -0.2) is 9.37 Å². The summed E-state index contributed by atoms with van der Waals surface area (Å²) in [4.78, 5) is 5.63. The van der Waals surface area contributed by atoms with Gasteiger partial charge < -0.3 is 5.73 Å². The molecule has 0 amide bonds. The molecule has 0 radical (unpaired) electrons. The van der Waals surface area contributed by atoms with E-state index in [2.05, 4.69) is 4.98 Å². The highest BCUT2D eigenvalue weighted by molar-refractivity contribution is 7.15. The minimum Gasteiger partial charge on any atom is -0.326 e. The van der Waals surface area contributed by atoms with Gasteiger partial charge in [0.2, 0.25) is 0 Å². The number of thiazole rings is 1. The second-order valence-corrected chi connectivity index (χ2v) is 6.01. The van der Waals surface area contributed by atoms with Gasteiger partial charge in [0.15, 0.2) is 0 Å². The van der Waals surface area contributed by atoms with Gasteiger partial charge in [0.1, 0.15) is 10.8 Å². The highest BCUT2D eigenvalue weighted by atomic mass is 32.1. The van der Waals surface area contributed by atoms with Gasteiger partial charge in [0.25, 0.3) is 0 Å². The van der Waals surface area contributed by atoms with Crippen LogP contribution in [0.25, 0.3) is 21.8 Å². The van der Waals surface area contributed by atoms with E-state index in [1.54, 1.807) is 23.5 Å². The third-order valence-corrected chi connectivity index (χ3v) is 4.36. The van der Waals surface area contributed by atoms with Crippen LogP contribution in [-0.4, -0.2) is 4.98 Å². The van der Waals surface area contributed by atoms with Crippen molar-refractivity contribution in [3.63, 3.8) is 0 Å². The Balaban J connectivity index is 2.07. The monoisotopic (exact) mass is 298 g/mol. The van der Waals surface area contributed by atoms with E-state index in [0.29, 0.717) is 17.8 Å². The summed E-state index contributed by atoms with van der Waals surface area (Å²) in [5.74, 6) is -0.242. The van der Waals surface area contributed by atoms with Gasteiger partial charge in [-0.05, 0) is 30.7 Å². The van der Waals surface area contributed by atoms with Gasteiger partial charge >= 0.3 is 0 Å². The molecule has 0 aliphatic heterocycles. The Morgan fingerprint density at radius 3 is 2.71 bits per heavy atom. The van der Waals surface area contributed by atoms with Crippen molar-refractivity contribution < 1.29 is 4.39 Å². The molecule has 3 rings (SSSR count). The van der Waals surface area contributed by atoms with E-state index >= 15 is 0 Å². The van der Waals surface area contributed by atoms with Gasteiger partial charge in [0, 0.05) is 22.5 Å². The van der Waals surface area contributed by atoms with Crippen LogP contribution in [-0.2, 0) is 6.54 Å². The van der Waals surface area contributed by atoms with Crippen LogP contribution in [0.2, 0.25) is 0 Å². The molecular formula is C17H15FN2S. The molecule has 2 nitrogen and oxygen atoms in total. The molecule has 0 bridgehead atoms. The maximum absolute atomic E-state index is 13.9. The van der Waals surface area contributed by atoms with Crippen LogP contribution in [0.1, 0.15) is 10.4 Å². The number of rotatable bonds is 3. The Bertz CT molecular complexity index is 780. The first-order valence-corrected chi connectivity index (χ1v) is 7.52. The lowest BCUT2D eigenvalue weighted by Crippen LogP contribution is -1.95. The first-order chi connectivity index (χ1) is 10.2. The van der Waals surface area contributed by atoms with Crippen LogP contribution < -0.4 is 5.73 Å². The lowest BCUT2D eigenvalue weighted by Gasteiger charge is -2.01. The highest BCUT2D eigenvalue weighted by Gasteiger charge is 2.14. The summed E-state index contributed by atoms with van der Waals surface area (Å²) in [6, 6.07) is 14.7. The fourth-order valence-corrected chi connectivity index (χ4v) is 3.18. The summed E-state index contributed by atoms with van der Waals surface area (Å²) in [5.41, 5.74) is 9.02. The molecule has 0 saturated carbocycles. The van der Waals surface area contributed by atoms with E-state index < -0.39 is 0 Å². The van der Waals surface area contributed by atoms with Crippen LogP contribution >= 0.6 is 11.3 Å². The molecule has 0 saturated heterocycles. The Morgan fingerprint density at radius 2 is 1.95 bits per heavy atom. The SMILES string of the molecule is Cc1sc(-c2cccc(CN)c2)nc1-c1ccccc1F. The molecule has 0 atom stereocenters. The molecule has 106 valence electrons. The molecule has 1 aromatic heterocycles. The molecule has 0 aliphatic carbocycles. The summed E-state index contributed by atoms with van der Waals surface area (Å²) in [6.45, 7) is 2.47. The Hall–Kier alpha value is -2.04. The number of aromatic nitrogens is 1. The van der Waals surface area contributed by atoms with Crippen LogP contribution in [0.15, 0.2) is 48.5 Å². The van der Waals surface area contributed by atoms with Crippen molar-refractivity contribution in [1.29, 1.82) is 0 Å². The van der Waals surface area contributed by atoms with Crippen LogP contribution in [0.5, 0.6) is 0 Å². The van der Waals surface area contributed by atoms with E-state index in [1.807, 2.05) is 37.3 Å². The molecule has 3 aromatic rings. The summed E-state index contributed by atoms with van der Waals surface area (Å²) in [7, 11) is 0. The topological polar surface area (TPSA) is 38.9 Å². The molecule has 0 unspecified atom stereocenters. The highest BCUT2D eigenvalue weighted by Crippen LogP contribution is 2.34. The zero-order valence-corrected chi connectivity index (χ0v) is 12.5. The van der Waals surface area contributed by atoms with Gasteiger partial charge in [-0.15, -0.1) is 11.3 Å². The van der Waals surface area contributed by atoms with E-state index in [0.717, 1.165) is 21.0 Å². The number of nitrogens with two attached hydrogens (primary N) is 1. The normalized spacial score (nSPS) is 10.8. The zero-order chi connectivity index (χ0) is 14.8. The molecular weight excluding hydrogens is 283 g/mol. The maximum atomic E-state index is 13.9. The molecule has 0 spiro atoms. The standard InChI is InChI=1S/C17H15FN2S/c1-11-16(14-7-2-3-8-15(14)18)20-17(21-11)13-6-4-5-12(9-13)10-19/h2-9H,10,19H2,1H3. The zero-order valence-electron chi connectivity index (χ0n) is 11.6. The van der Waals surface area contributed by atoms with E-state index in [9.17, 15) is 4.39 Å². The molecule has 4 heteroatoms. The molecule has 21 heavy (non-hydrogen) atoms. The number of hydrogen-bond acceptors (Lipinski definition) is 3. The van der Waals surface area contributed by atoms with Crippen molar-refractivity contribution in [3.8, 4) is 21.8 Å². The number of aryl methyl sites for hydroxylation is 1. The van der Waals surface area contributed by atoms with Crippen LogP contribution in [0.3, 0.4) is 0 Å². The minimum absolute atomic E-state index is 0.242. The molecule has 0 fully saturated rings. The average molecular weight is 298 g/mol. The third kappa shape index (κ3) is 2.73. The Morgan fingerprint density at radius 1 is 1.14 bits per heavy atom. The second kappa shape index (κ2) is 5.76. The Kier molecular flexibility index (Phi) is 3.82. The third-order valence-electron chi connectivity index (χ3n) is 3.34. The van der Waals surface area contributed by atoms with Gasteiger partial charge in [-0.3, -0.25) is 0 Å². The minimum atomic E-state index is -0.242. The average Bonchev–Trinajstić information content (AvgIpc) is 2.90. The smallest absolute Gasteiger partial charge is 0.132 e. The van der Waals surface area contributed by atoms with Crippen molar-refractivity contribution >= 4 is 11.3 Å². The number of halogens is 1. The van der Waals surface area contributed by atoms with Crippen molar-refractivity contribution in [2.24, 2.45) is 5.73 Å². The van der Waals surface area contributed by atoms with Crippen LogP contribution in [0, 0.1) is 12.7 Å². The summed E-state index contributed by atoms with van der Waals surface area (Å²) in [6.07, 6.45) is 0. The summed E-state index contributed by atoms with van der Waals surface area (Å²) < 4.78 is 13.9. The van der Waals surface area contributed by atoms with Crippen LogP contribution in [0.4, 0.5) is 4.39 Å². The number of nitrogens with zero attached hydrogens (tertiary/aromatic N) is 1. The lowest BCUT2D eigenvalue weighted by molar-refractivity contribution is 0.631. The first kappa shape index (κ1) is 13.9. The van der Waals surface area contributed by atoms with E-state index in [1.165, 1.54) is 6.07 Å². The predicted molar refractivity (Wildman–Crippen MR) is 85.6 cm³/mol. The van der Waals surface area contributed by atoms with Gasteiger partial charge in [-0.2, -0.15) is 0 Å². The van der Waals surface area contributed by atoms with E-state index in [4.69, 9.17) is 5.73 Å². The van der Waals surface area contributed by atoms with Gasteiger partial charge in [-0.1, -0.05) is 30.3 Å². The Labute approximate surface area is 127 Å². The molecule has 2 aromatic carbocycles. The van der Waals surface area contributed by atoms with Crippen molar-refractivity contribution in [2.45, 2.75) is 13.5 Å². The first-order valence-electron chi connectivity index (χ1n) is 6.70. The molecule has 1 heterocycles. The quantitative estimate of drug-likeness (QED) is 0.779. The fraction of sp³-hybridized carbons (Fsp3) is 0.118. The summed E-state index contributed by atoms with van der Waals surface area (Å²) >= 11 is 1.57. The maximum Gasteiger partial charge on any atom is 0.132 e. The van der Waals surface area contributed by atoms with Crippen molar-refractivity contribution in [2.75, 3.05) is 0 Å². The lowest BCUT2D eigenvalue weighted by atomic mass is 10.1. The number of hydrogen-bond donors (Lipinski definition) is 1. The second-order valence-electron chi connectivity index (χ2n) is 4.81. The predicted octanol–water partition coefficient (Wildman–Crippen LogP) is 4.38. The largest absolute Gasteiger partial charge is 0.326 e. The molecule has 2 N–H and O–H groups in total. The van der Waals surface area contributed by atoms with Crippen molar-refractivity contribution in [3.05, 3.63) is 64.8 Å². The van der Waals surface area contributed by atoms with Crippen molar-refractivity contribution in [1.82, 2.24) is 4.98 Å². The van der Waals surface area contributed by atoms with E-state index in [-0.39, 0.29) is 5.82 Å². The fourth-order valence-electron chi connectivity index (χ4n) is 2.25. The molecule has 0 aliphatic rings.